The number of rotatable bonds is 6. The molecular formula is C31H32N2O5. The Morgan fingerprint density at radius 3 is 2.55 bits per heavy atom. The SMILES string of the molecule is COc1ccccc1N=C1CC(c2ccccc2)CC(=O)/C1=C(/O)CCc1noc2c1C(=O)CC(C)(C)C2. The Labute approximate surface area is 222 Å². The van der Waals surface area contributed by atoms with E-state index in [0.29, 0.717) is 53.4 Å². The number of aromatic nitrogens is 1. The molecule has 0 radical (unpaired) electrons. The lowest BCUT2D eigenvalue weighted by atomic mass is 9.76. The lowest BCUT2D eigenvalue weighted by Crippen LogP contribution is -2.27. The van der Waals surface area contributed by atoms with Crippen LogP contribution in [0.3, 0.4) is 0 Å². The maximum absolute atomic E-state index is 13.5. The number of aliphatic hydroxyl groups excluding tert-OH is 1. The van der Waals surface area contributed by atoms with E-state index in [4.69, 9.17) is 14.3 Å². The molecule has 7 heteroatoms. The van der Waals surface area contributed by atoms with E-state index in [1.807, 2.05) is 68.4 Å². The fourth-order valence-electron chi connectivity index (χ4n) is 5.50. The number of ether oxygens (including phenoxy) is 1. The quantitative estimate of drug-likeness (QED) is 0.299. The minimum absolute atomic E-state index is 0.0116. The van der Waals surface area contributed by atoms with Crippen molar-refractivity contribution >= 4 is 23.0 Å². The van der Waals surface area contributed by atoms with Crippen LogP contribution in [0.1, 0.15) is 72.8 Å². The van der Waals surface area contributed by atoms with Crippen LogP contribution in [0, 0.1) is 5.41 Å². The first-order chi connectivity index (χ1) is 18.3. The molecule has 0 saturated heterocycles. The molecule has 2 aliphatic rings. The summed E-state index contributed by atoms with van der Waals surface area (Å²) in [6.07, 6.45) is 2.29. The predicted octanol–water partition coefficient (Wildman–Crippen LogP) is 6.50. The van der Waals surface area contributed by atoms with Gasteiger partial charge in [0.1, 0.15) is 23.0 Å². The van der Waals surface area contributed by atoms with Gasteiger partial charge in [0, 0.05) is 32.1 Å². The summed E-state index contributed by atoms with van der Waals surface area (Å²) < 4.78 is 11.0. The normalized spacial score (nSPS) is 21.3. The maximum Gasteiger partial charge on any atom is 0.168 e. The van der Waals surface area contributed by atoms with Crippen molar-refractivity contribution in [3.8, 4) is 5.75 Å². The van der Waals surface area contributed by atoms with Crippen molar-refractivity contribution in [1.29, 1.82) is 0 Å². The highest BCUT2D eigenvalue weighted by molar-refractivity contribution is 6.25. The van der Waals surface area contributed by atoms with Crippen molar-refractivity contribution in [3.05, 3.63) is 88.5 Å². The number of Topliss-reactive ketones (excluding diaryl/α,β-unsaturated/α-hetero) is 2. The smallest absolute Gasteiger partial charge is 0.168 e. The highest BCUT2D eigenvalue weighted by Gasteiger charge is 2.37. The van der Waals surface area contributed by atoms with Gasteiger partial charge in [0.15, 0.2) is 11.6 Å². The molecule has 5 rings (SSSR count). The van der Waals surface area contributed by atoms with Crippen LogP contribution in [-0.2, 0) is 17.6 Å². The average Bonchev–Trinajstić information content (AvgIpc) is 3.30. The molecule has 1 N–H and O–H groups in total. The van der Waals surface area contributed by atoms with Crippen LogP contribution < -0.4 is 4.74 Å². The second-order valence-corrected chi connectivity index (χ2v) is 10.9. The number of allylic oxidation sites excluding steroid dienone is 2. The molecular weight excluding hydrogens is 480 g/mol. The van der Waals surface area contributed by atoms with Crippen molar-refractivity contribution in [2.45, 2.75) is 58.3 Å². The molecule has 7 nitrogen and oxygen atoms in total. The summed E-state index contributed by atoms with van der Waals surface area (Å²) in [5, 5.41) is 15.4. The molecule has 1 aromatic heterocycles. The highest BCUT2D eigenvalue weighted by atomic mass is 16.5. The topological polar surface area (TPSA) is 102 Å². The van der Waals surface area contributed by atoms with Crippen LogP contribution in [0.25, 0.3) is 0 Å². The van der Waals surface area contributed by atoms with Gasteiger partial charge < -0.3 is 14.4 Å². The van der Waals surface area contributed by atoms with E-state index in [1.54, 1.807) is 7.11 Å². The van der Waals surface area contributed by atoms with Crippen LogP contribution in [0.4, 0.5) is 5.69 Å². The molecule has 0 amide bonds. The number of nitrogens with zero attached hydrogens (tertiary/aromatic N) is 2. The Hall–Kier alpha value is -4.00. The van der Waals surface area contributed by atoms with Gasteiger partial charge in [0.2, 0.25) is 0 Å². The number of aliphatic hydroxyl groups is 1. The largest absolute Gasteiger partial charge is 0.511 e. The molecule has 0 bridgehead atoms. The van der Waals surface area contributed by atoms with Gasteiger partial charge in [-0.3, -0.25) is 9.59 Å². The average molecular weight is 513 g/mol. The number of para-hydroxylation sites is 2. The molecule has 38 heavy (non-hydrogen) atoms. The third-order valence-corrected chi connectivity index (χ3v) is 7.33. The molecule has 1 unspecified atom stereocenters. The minimum Gasteiger partial charge on any atom is -0.511 e. The van der Waals surface area contributed by atoms with Crippen molar-refractivity contribution in [1.82, 2.24) is 5.16 Å². The van der Waals surface area contributed by atoms with Crippen molar-refractivity contribution < 1.29 is 24.0 Å². The molecule has 0 aliphatic heterocycles. The molecule has 1 fully saturated rings. The third-order valence-electron chi connectivity index (χ3n) is 7.33. The standard InChI is InChI=1S/C31H32N2O5/c1-31(2)17-26(36)30-22(33-38-28(30)18-31)13-14-24(34)29-23(32-21-11-7-8-12-27(21)37-3)15-20(16-25(29)35)19-9-5-4-6-10-19/h4-12,20,34H,13-18H2,1-3H3/b29-24+,32-23?. The summed E-state index contributed by atoms with van der Waals surface area (Å²) in [6, 6.07) is 17.2. The lowest BCUT2D eigenvalue weighted by molar-refractivity contribution is -0.116. The number of aryl methyl sites for hydroxylation is 1. The number of ketones is 2. The summed E-state index contributed by atoms with van der Waals surface area (Å²) in [7, 11) is 1.58. The zero-order chi connectivity index (χ0) is 26.9. The second kappa shape index (κ2) is 10.4. The monoisotopic (exact) mass is 512 g/mol. The van der Waals surface area contributed by atoms with Crippen LogP contribution in [0.2, 0.25) is 0 Å². The summed E-state index contributed by atoms with van der Waals surface area (Å²) in [5.74, 6) is 0.955. The van der Waals surface area contributed by atoms with Gasteiger partial charge in [-0.2, -0.15) is 0 Å². The van der Waals surface area contributed by atoms with Gasteiger partial charge >= 0.3 is 0 Å². The molecule has 2 aliphatic carbocycles. The number of aliphatic imine (C=N–C) groups is 1. The molecule has 2 aromatic carbocycles. The minimum atomic E-state index is -0.168. The van der Waals surface area contributed by atoms with Crippen molar-refractivity contribution in [2.75, 3.05) is 7.11 Å². The summed E-state index contributed by atoms with van der Waals surface area (Å²) in [6.45, 7) is 4.07. The fraction of sp³-hybridized carbons (Fsp3) is 0.355. The van der Waals surface area contributed by atoms with E-state index in [1.165, 1.54) is 0 Å². The Morgan fingerprint density at radius 1 is 1.05 bits per heavy atom. The maximum atomic E-state index is 13.5. The van der Waals surface area contributed by atoms with Crippen LogP contribution in [0.15, 0.2) is 75.4 Å². The zero-order valence-electron chi connectivity index (χ0n) is 22.0. The van der Waals surface area contributed by atoms with Gasteiger partial charge in [0.25, 0.3) is 0 Å². The number of carbonyl (C=O) groups is 2. The van der Waals surface area contributed by atoms with Gasteiger partial charge in [-0.25, -0.2) is 4.99 Å². The Bertz CT molecular complexity index is 1430. The van der Waals surface area contributed by atoms with E-state index in [9.17, 15) is 14.7 Å². The van der Waals surface area contributed by atoms with E-state index in [2.05, 4.69) is 5.16 Å². The van der Waals surface area contributed by atoms with Gasteiger partial charge in [-0.1, -0.05) is 61.5 Å². The summed E-state index contributed by atoms with van der Waals surface area (Å²) in [4.78, 5) is 31.1. The summed E-state index contributed by atoms with van der Waals surface area (Å²) in [5.41, 5.74) is 3.31. The third kappa shape index (κ3) is 5.19. The highest BCUT2D eigenvalue weighted by Crippen LogP contribution is 2.38. The molecule has 196 valence electrons. The van der Waals surface area contributed by atoms with Gasteiger partial charge in [0.05, 0.1) is 29.7 Å². The molecule has 1 saturated carbocycles. The fourth-order valence-corrected chi connectivity index (χ4v) is 5.50. The second-order valence-electron chi connectivity index (χ2n) is 10.9. The first-order valence-corrected chi connectivity index (χ1v) is 13.0. The molecule has 0 spiro atoms. The predicted molar refractivity (Wildman–Crippen MR) is 144 cm³/mol. The van der Waals surface area contributed by atoms with E-state index in [0.717, 1.165) is 5.56 Å². The van der Waals surface area contributed by atoms with Gasteiger partial charge in [-0.15, -0.1) is 0 Å². The number of hydrogen-bond acceptors (Lipinski definition) is 7. The van der Waals surface area contributed by atoms with Crippen molar-refractivity contribution in [2.24, 2.45) is 10.4 Å². The Morgan fingerprint density at radius 2 is 1.79 bits per heavy atom. The number of benzene rings is 2. The number of hydrogen-bond donors (Lipinski definition) is 1. The van der Waals surface area contributed by atoms with Gasteiger partial charge in [-0.05, 0) is 35.4 Å². The first kappa shape index (κ1) is 25.6. The molecule has 1 heterocycles. The Balaban J connectivity index is 1.47. The molecule has 3 aromatic rings. The molecule has 1 atom stereocenters. The van der Waals surface area contributed by atoms with Crippen LogP contribution >= 0.6 is 0 Å². The first-order valence-electron chi connectivity index (χ1n) is 13.0. The number of carbonyl (C=O) groups excluding carboxylic acids is 2. The Kier molecular flexibility index (Phi) is 7.02. The van der Waals surface area contributed by atoms with E-state index < -0.39 is 0 Å². The van der Waals surface area contributed by atoms with Crippen LogP contribution in [-0.4, -0.2) is 34.7 Å². The lowest BCUT2D eigenvalue weighted by Gasteiger charge is -2.27. The summed E-state index contributed by atoms with van der Waals surface area (Å²) >= 11 is 0. The number of methoxy groups -OCH3 is 1. The van der Waals surface area contributed by atoms with E-state index in [-0.39, 0.29) is 53.5 Å². The van der Waals surface area contributed by atoms with E-state index >= 15 is 0 Å². The van der Waals surface area contributed by atoms with Crippen LogP contribution in [0.5, 0.6) is 5.75 Å². The van der Waals surface area contributed by atoms with Crippen molar-refractivity contribution in [3.63, 3.8) is 0 Å². The zero-order valence-corrected chi connectivity index (χ0v) is 22.0. The number of fused-ring (bicyclic) bond motifs is 1.